The number of hydrogen-bond donors (Lipinski definition) is 4. The predicted octanol–water partition coefficient (Wildman–Crippen LogP) is 2.01. The van der Waals surface area contributed by atoms with Gasteiger partial charge in [-0.2, -0.15) is 18.4 Å². The molecule has 2 rings (SSSR count). The van der Waals surface area contributed by atoms with E-state index in [2.05, 4.69) is 28.2 Å². The number of halogens is 3. The lowest BCUT2D eigenvalue weighted by Gasteiger charge is -2.30. The topological polar surface area (TPSA) is 123 Å². The van der Waals surface area contributed by atoms with Crippen LogP contribution in [-0.2, 0) is 14.4 Å². The van der Waals surface area contributed by atoms with Crippen molar-refractivity contribution in [3.05, 3.63) is 0 Å². The normalized spacial score (nSPS) is 20.3. The zero-order valence-corrected chi connectivity index (χ0v) is 19.8. The summed E-state index contributed by atoms with van der Waals surface area (Å²) in [5, 5.41) is 18.8. The first-order chi connectivity index (χ1) is 15.2. The Morgan fingerprint density at radius 3 is 2.27 bits per heavy atom. The molecule has 0 aromatic heterocycles. The summed E-state index contributed by atoms with van der Waals surface area (Å²) in [6, 6.07) is -0.169. The number of piperidine rings is 1. The first-order valence-corrected chi connectivity index (χ1v) is 11.3. The SMILES string of the molecule is CC(C)(C)C(NCC(F)(F)F)C(=O)NCC(=O)NC(C#N)CC1CCCNC1=O.CC1CC1. The lowest BCUT2D eigenvalue weighted by molar-refractivity contribution is -0.136. The van der Waals surface area contributed by atoms with Crippen molar-refractivity contribution in [3.63, 3.8) is 0 Å². The Morgan fingerprint density at radius 1 is 1.21 bits per heavy atom. The Morgan fingerprint density at radius 2 is 1.82 bits per heavy atom. The number of nitrogens with zero attached hydrogens (tertiary/aromatic N) is 1. The molecule has 1 aliphatic heterocycles. The van der Waals surface area contributed by atoms with E-state index in [1.54, 1.807) is 20.8 Å². The number of nitrogens with one attached hydrogen (secondary N) is 4. The van der Waals surface area contributed by atoms with Gasteiger partial charge in [-0.05, 0) is 30.6 Å². The summed E-state index contributed by atoms with van der Waals surface area (Å²) in [6.45, 7) is 5.83. The highest BCUT2D eigenvalue weighted by atomic mass is 19.4. The number of carbonyl (C=O) groups is 3. The van der Waals surface area contributed by atoms with Gasteiger partial charge in [-0.3, -0.25) is 19.7 Å². The number of alkyl halides is 3. The standard InChI is InChI=1S/C18H28F3N5O3.C4H8/c1-17(2,3)14(25-10-18(19,20)21)16(29)24-9-13(27)26-12(8-22)7-11-5-4-6-23-15(11)28;1-4-2-3-4/h11-12,14,25H,4-7,9-10H2,1-3H3,(H,23,28)(H,24,29)(H,26,27);4H,2-3H2,1H3. The zero-order chi connectivity index (χ0) is 25.2. The van der Waals surface area contributed by atoms with Crippen molar-refractivity contribution in [1.82, 2.24) is 21.3 Å². The highest BCUT2D eigenvalue weighted by Crippen LogP contribution is 2.26. The van der Waals surface area contributed by atoms with E-state index in [-0.39, 0.29) is 18.2 Å². The summed E-state index contributed by atoms with van der Waals surface area (Å²) in [4.78, 5) is 36.1. The minimum atomic E-state index is -4.48. The van der Waals surface area contributed by atoms with Crippen LogP contribution in [0.25, 0.3) is 0 Å². The maximum absolute atomic E-state index is 12.5. The summed E-state index contributed by atoms with van der Waals surface area (Å²) in [6.07, 6.45) is 0.0544. The molecule has 4 N–H and O–H groups in total. The number of nitriles is 1. The second-order valence-corrected chi connectivity index (χ2v) is 9.81. The van der Waals surface area contributed by atoms with E-state index in [9.17, 15) is 32.8 Å². The third-order valence-electron chi connectivity index (χ3n) is 5.33. The Balaban J connectivity index is 0.00000122. The minimum absolute atomic E-state index is 0.153. The Bertz CT molecular complexity index is 712. The third-order valence-corrected chi connectivity index (χ3v) is 5.33. The fourth-order valence-electron chi connectivity index (χ4n) is 3.18. The summed E-state index contributed by atoms with van der Waals surface area (Å²) in [5.41, 5.74) is -0.824. The minimum Gasteiger partial charge on any atom is -0.356 e. The van der Waals surface area contributed by atoms with Crippen LogP contribution in [0.3, 0.4) is 0 Å². The lowest BCUT2D eigenvalue weighted by atomic mass is 9.86. The second-order valence-electron chi connectivity index (χ2n) is 9.81. The van der Waals surface area contributed by atoms with Gasteiger partial charge in [0.15, 0.2) is 0 Å². The van der Waals surface area contributed by atoms with Crippen LogP contribution in [-0.4, -0.2) is 55.6 Å². The van der Waals surface area contributed by atoms with Crippen molar-refractivity contribution in [2.24, 2.45) is 17.3 Å². The molecule has 8 nitrogen and oxygen atoms in total. The Hall–Kier alpha value is -2.35. The zero-order valence-electron chi connectivity index (χ0n) is 19.8. The fourth-order valence-corrected chi connectivity index (χ4v) is 3.18. The van der Waals surface area contributed by atoms with Gasteiger partial charge in [-0.15, -0.1) is 0 Å². The van der Waals surface area contributed by atoms with Gasteiger partial charge in [0.25, 0.3) is 0 Å². The Kier molecular flexibility index (Phi) is 11.1. The first-order valence-electron chi connectivity index (χ1n) is 11.3. The van der Waals surface area contributed by atoms with Crippen molar-refractivity contribution in [1.29, 1.82) is 5.26 Å². The van der Waals surface area contributed by atoms with E-state index in [0.717, 1.165) is 12.3 Å². The van der Waals surface area contributed by atoms with Gasteiger partial charge in [0.2, 0.25) is 17.7 Å². The molecule has 0 spiro atoms. The number of amides is 3. The maximum Gasteiger partial charge on any atom is 0.401 e. The van der Waals surface area contributed by atoms with Crippen LogP contribution in [0.5, 0.6) is 0 Å². The predicted molar refractivity (Wildman–Crippen MR) is 117 cm³/mol. The molecule has 1 saturated heterocycles. The van der Waals surface area contributed by atoms with Gasteiger partial charge in [-0.25, -0.2) is 0 Å². The molecule has 0 aromatic carbocycles. The quantitative estimate of drug-likeness (QED) is 0.428. The summed E-state index contributed by atoms with van der Waals surface area (Å²) in [5.74, 6) is -0.871. The Labute approximate surface area is 193 Å². The van der Waals surface area contributed by atoms with Crippen molar-refractivity contribution in [2.45, 2.75) is 78.1 Å². The summed E-state index contributed by atoms with van der Waals surface area (Å²) < 4.78 is 37.4. The number of carbonyl (C=O) groups excluding carboxylic acids is 3. The molecular formula is C22H36F3N5O3. The highest BCUT2D eigenvalue weighted by Gasteiger charge is 2.36. The van der Waals surface area contributed by atoms with Crippen molar-refractivity contribution in [3.8, 4) is 6.07 Å². The van der Waals surface area contributed by atoms with E-state index >= 15 is 0 Å². The lowest BCUT2D eigenvalue weighted by Crippen LogP contribution is -2.55. The van der Waals surface area contributed by atoms with Crippen molar-refractivity contribution < 1.29 is 27.6 Å². The maximum atomic E-state index is 12.5. The molecule has 11 heteroatoms. The largest absolute Gasteiger partial charge is 0.401 e. The first kappa shape index (κ1) is 28.7. The monoisotopic (exact) mass is 475 g/mol. The number of hydrogen-bond acceptors (Lipinski definition) is 5. The van der Waals surface area contributed by atoms with Gasteiger partial charge < -0.3 is 16.0 Å². The van der Waals surface area contributed by atoms with Gasteiger partial charge >= 0.3 is 6.18 Å². The fraction of sp³-hybridized carbons (Fsp3) is 0.818. The molecule has 1 saturated carbocycles. The third kappa shape index (κ3) is 12.5. The summed E-state index contributed by atoms with van der Waals surface area (Å²) >= 11 is 0. The molecule has 2 fully saturated rings. The molecule has 1 aliphatic carbocycles. The van der Waals surface area contributed by atoms with E-state index in [1.807, 2.05) is 6.07 Å². The van der Waals surface area contributed by atoms with Crippen LogP contribution < -0.4 is 21.3 Å². The smallest absolute Gasteiger partial charge is 0.356 e. The van der Waals surface area contributed by atoms with Crippen LogP contribution in [0.4, 0.5) is 13.2 Å². The number of rotatable bonds is 8. The van der Waals surface area contributed by atoms with Crippen molar-refractivity contribution >= 4 is 17.7 Å². The van der Waals surface area contributed by atoms with Crippen LogP contribution in [0.1, 0.15) is 59.8 Å². The highest BCUT2D eigenvalue weighted by molar-refractivity contribution is 5.88. The molecule has 0 bridgehead atoms. The van der Waals surface area contributed by atoms with Crippen molar-refractivity contribution in [2.75, 3.05) is 19.6 Å². The van der Waals surface area contributed by atoms with Crippen LogP contribution in [0.2, 0.25) is 0 Å². The van der Waals surface area contributed by atoms with E-state index < -0.39 is 48.6 Å². The molecule has 2 aliphatic rings. The van der Waals surface area contributed by atoms with Gasteiger partial charge in [0.05, 0.1) is 25.2 Å². The molecule has 3 amide bonds. The second kappa shape index (κ2) is 12.8. The average molecular weight is 476 g/mol. The molecule has 3 unspecified atom stereocenters. The van der Waals surface area contributed by atoms with E-state index in [4.69, 9.17) is 0 Å². The summed E-state index contributed by atoms with van der Waals surface area (Å²) in [7, 11) is 0. The van der Waals surface area contributed by atoms with Crippen LogP contribution in [0.15, 0.2) is 0 Å². The van der Waals surface area contributed by atoms with Crippen LogP contribution in [0, 0.1) is 28.6 Å². The van der Waals surface area contributed by atoms with Gasteiger partial charge in [-0.1, -0.05) is 40.5 Å². The van der Waals surface area contributed by atoms with Crippen LogP contribution >= 0.6 is 0 Å². The van der Waals surface area contributed by atoms with E-state index in [1.165, 1.54) is 12.8 Å². The molecule has 3 atom stereocenters. The van der Waals surface area contributed by atoms with Gasteiger partial charge in [0.1, 0.15) is 6.04 Å². The molecular weight excluding hydrogens is 439 g/mol. The molecule has 1 heterocycles. The molecule has 188 valence electrons. The van der Waals surface area contributed by atoms with Gasteiger partial charge in [0, 0.05) is 12.5 Å². The molecule has 0 aromatic rings. The molecule has 33 heavy (non-hydrogen) atoms. The van der Waals surface area contributed by atoms with E-state index in [0.29, 0.717) is 13.0 Å². The average Bonchev–Trinajstić information content (AvgIpc) is 3.48. The molecule has 0 radical (unpaired) electrons.